The molecular weight excluding hydrogens is 311 g/mol. The van der Waals surface area contributed by atoms with Crippen LogP contribution in [0.1, 0.15) is 15.9 Å². The van der Waals surface area contributed by atoms with Crippen LogP contribution in [-0.2, 0) is 6.54 Å². The van der Waals surface area contributed by atoms with E-state index in [2.05, 4.69) is 10.6 Å². The molecule has 7 heteroatoms. The molecule has 2 rings (SSSR count). The van der Waals surface area contributed by atoms with Crippen LogP contribution in [0.25, 0.3) is 0 Å². The van der Waals surface area contributed by atoms with Crippen LogP contribution in [-0.4, -0.2) is 17.1 Å². The lowest BCUT2D eigenvalue weighted by molar-refractivity contribution is 0.0697. The van der Waals surface area contributed by atoms with Crippen LogP contribution in [0.5, 0.6) is 0 Å². The van der Waals surface area contributed by atoms with Crippen LogP contribution in [0.3, 0.4) is 0 Å². The third kappa shape index (κ3) is 3.95. The second-order valence-corrected chi connectivity index (χ2v) is 4.81. The molecule has 22 heavy (non-hydrogen) atoms. The molecule has 114 valence electrons. The van der Waals surface area contributed by atoms with Gasteiger partial charge in [-0.3, -0.25) is 0 Å². The van der Waals surface area contributed by atoms with Crippen molar-refractivity contribution in [3.05, 3.63) is 64.4 Å². The molecule has 2 aromatic carbocycles. The van der Waals surface area contributed by atoms with Crippen molar-refractivity contribution in [1.29, 1.82) is 0 Å². The van der Waals surface area contributed by atoms with Gasteiger partial charge >= 0.3 is 12.0 Å². The predicted octanol–water partition coefficient (Wildman–Crippen LogP) is 3.50. The summed E-state index contributed by atoms with van der Waals surface area (Å²) in [5, 5.41) is 13.7. The third-order valence-electron chi connectivity index (χ3n) is 2.86. The normalized spacial score (nSPS) is 10.1. The fraction of sp³-hybridized carbons (Fsp3) is 0.0667. The van der Waals surface area contributed by atoms with Crippen LogP contribution in [0.4, 0.5) is 14.9 Å². The van der Waals surface area contributed by atoms with E-state index >= 15 is 0 Å². The van der Waals surface area contributed by atoms with Crippen molar-refractivity contribution < 1.29 is 19.1 Å². The Morgan fingerprint density at radius 2 is 1.82 bits per heavy atom. The van der Waals surface area contributed by atoms with Crippen molar-refractivity contribution in [2.24, 2.45) is 0 Å². The molecule has 3 N–H and O–H groups in total. The van der Waals surface area contributed by atoms with E-state index in [9.17, 15) is 14.0 Å². The number of carboxylic acids is 1. The van der Waals surface area contributed by atoms with E-state index in [1.807, 2.05) is 0 Å². The molecule has 0 saturated carbocycles. The van der Waals surface area contributed by atoms with Gasteiger partial charge in [0.15, 0.2) is 0 Å². The van der Waals surface area contributed by atoms with E-state index in [1.54, 1.807) is 12.1 Å². The molecule has 0 fully saturated rings. The number of urea groups is 1. The number of carbonyl (C=O) groups is 2. The average molecular weight is 323 g/mol. The predicted molar refractivity (Wildman–Crippen MR) is 80.7 cm³/mol. The molecule has 0 aliphatic carbocycles. The zero-order valence-electron chi connectivity index (χ0n) is 11.3. The maximum Gasteiger partial charge on any atom is 0.335 e. The summed E-state index contributed by atoms with van der Waals surface area (Å²) in [7, 11) is 0. The Morgan fingerprint density at radius 1 is 1.14 bits per heavy atom. The molecule has 5 nitrogen and oxygen atoms in total. The first kappa shape index (κ1) is 15.8. The number of hydrogen-bond donors (Lipinski definition) is 3. The minimum atomic E-state index is -1.02. The van der Waals surface area contributed by atoms with Crippen LogP contribution in [0.2, 0.25) is 5.02 Å². The number of hydrogen-bond acceptors (Lipinski definition) is 2. The summed E-state index contributed by atoms with van der Waals surface area (Å²) in [6.07, 6.45) is 0. The third-order valence-corrected chi connectivity index (χ3v) is 3.17. The molecule has 0 bridgehead atoms. The number of anilines is 1. The molecule has 0 saturated heterocycles. The summed E-state index contributed by atoms with van der Waals surface area (Å²) in [4.78, 5) is 22.4. The van der Waals surface area contributed by atoms with Gasteiger partial charge in [-0.2, -0.15) is 0 Å². The van der Waals surface area contributed by atoms with Gasteiger partial charge in [0.1, 0.15) is 5.82 Å². The van der Waals surface area contributed by atoms with Gasteiger partial charge in [-0.15, -0.1) is 0 Å². The highest BCUT2D eigenvalue weighted by Gasteiger charge is 2.10. The van der Waals surface area contributed by atoms with Crippen molar-refractivity contribution in [3.8, 4) is 0 Å². The number of amides is 2. The molecule has 0 aromatic heterocycles. The minimum Gasteiger partial charge on any atom is -0.478 e. The van der Waals surface area contributed by atoms with Crippen molar-refractivity contribution in [2.45, 2.75) is 6.54 Å². The number of para-hydroxylation sites is 1. The molecule has 0 unspecified atom stereocenters. The lowest BCUT2D eigenvalue weighted by atomic mass is 10.1. The first-order valence-electron chi connectivity index (χ1n) is 6.28. The SMILES string of the molecule is O=C(NCc1ccc(C(=O)O)cc1)Nc1c(F)cccc1Cl. The number of nitrogens with one attached hydrogen (secondary N) is 2. The maximum absolute atomic E-state index is 13.5. The second-order valence-electron chi connectivity index (χ2n) is 4.41. The standard InChI is InChI=1S/C15H12ClFN2O3/c16-11-2-1-3-12(17)13(11)19-15(22)18-8-9-4-6-10(7-5-9)14(20)21/h1-7H,8H2,(H,20,21)(H2,18,19,22). The molecule has 0 aliphatic rings. The Kier molecular flexibility index (Phi) is 4.95. The second kappa shape index (κ2) is 6.91. The van der Waals surface area contributed by atoms with Crippen molar-refractivity contribution in [1.82, 2.24) is 5.32 Å². The topological polar surface area (TPSA) is 78.4 Å². The fourth-order valence-electron chi connectivity index (χ4n) is 1.72. The molecule has 2 amide bonds. The van der Waals surface area contributed by atoms with Gasteiger partial charge in [0, 0.05) is 6.54 Å². The van der Waals surface area contributed by atoms with Gasteiger partial charge in [0.25, 0.3) is 0 Å². The summed E-state index contributed by atoms with van der Waals surface area (Å²) in [5.41, 5.74) is 0.772. The molecular formula is C15H12ClFN2O3. The Bertz CT molecular complexity index is 684. The Hall–Kier alpha value is -2.60. The number of carbonyl (C=O) groups excluding carboxylic acids is 1. The quantitative estimate of drug-likeness (QED) is 0.806. The van der Waals surface area contributed by atoms with Crippen LogP contribution >= 0.6 is 11.6 Å². The Labute approximate surface area is 130 Å². The van der Waals surface area contributed by atoms with Gasteiger partial charge in [-0.25, -0.2) is 14.0 Å². The van der Waals surface area contributed by atoms with E-state index in [4.69, 9.17) is 16.7 Å². The van der Waals surface area contributed by atoms with Crippen LogP contribution in [0.15, 0.2) is 42.5 Å². The van der Waals surface area contributed by atoms with Crippen LogP contribution in [0, 0.1) is 5.82 Å². The van der Waals surface area contributed by atoms with E-state index in [0.29, 0.717) is 5.56 Å². The number of rotatable bonds is 4. The number of benzene rings is 2. The minimum absolute atomic E-state index is 0.0945. The van der Waals surface area contributed by atoms with Crippen molar-refractivity contribution in [2.75, 3.05) is 5.32 Å². The maximum atomic E-state index is 13.5. The highest BCUT2D eigenvalue weighted by molar-refractivity contribution is 6.33. The first-order valence-corrected chi connectivity index (χ1v) is 6.66. The molecule has 0 atom stereocenters. The van der Waals surface area contributed by atoms with Gasteiger partial charge in [0.05, 0.1) is 16.3 Å². The zero-order valence-corrected chi connectivity index (χ0v) is 12.0. The monoisotopic (exact) mass is 322 g/mol. The lowest BCUT2D eigenvalue weighted by Crippen LogP contribution is -2.28. The summed E-state index contributed by atoms with van der Waals surface area (Å²) in [5.74, 6) is -1.65. The number of aromatic carboxylic acids is 1. The van der Waals surface area contributed by atoms with E-state index in [1.165, 1.54) is 30.3 Å². The largest absolute Gasteiger partial charge is 0.478 e. The van der Waals surface area contributed by atoms with E-state index in [-0.39, 0.29) is 22.8 Å². The molecule has 0 aliphatic heterocycles. The molecule has 0 heterocycles. The number of halogens is 2. The summed E-state index contributed by atoms with van der Waals surface area (Å²) in [6.45, 7) is 0.164. The van der Waals surface area contributed by atoms with Gasteiger partial charge in [0.2, 0.25) is 0 Å². The summed E-state index contributed by atoms with van der Waals surface area (Å²) >= 11 is 5.80. The fourth-order valence-corrected chi connectivity index (χ4v) is 1.93. The number of carboxylic acid groups (broad SMARTS) is 1. The lowest BCUT2D eigenvalue weighted by Gasteiger charge is -2.10. The Balaban J connectivity index is 1.94. The highest BCUT2D eigenvalue weighted by atomic mass is 35.5. The molecule has 0 spiro atoms. The molecule has 2 aromatic rings. The zero-order chi connectivity index (χ0) is 16.1. The van der Waals surface area contributed by atoms with Crippen molar-refractivity contribution in [3.63, 3.8) is 0 Å². The van der Waals surface area contributed by atoms with Gasteiger partial charge < -0.3 is 15.7 Å². The summed E-state index contributed by atoms with van der Waals surface area (Å²) in [6, 6.07) is 9.51. The van der Waals surface area contributed by atoms with Crippen molar-refractivity contribution >= 4 is 29.3 Å². The van der Waals surface area contributed by atoms with Gasteiger partial charge in [-0.1, -0.05) is 29.8 Å². The van der Waals surface area contributed by atoms with Crippen LogP contribution < -0.4 is 10.6 Å². The highest BCUT2D eigenvalue weighted by Crippen LogP contribution is 2.24. The van der Waals surface area contributed by atoms with E-state index in [0.717, 1.165) is 0 Å². The smallest absolute Gasteiger partial charge is 0.335 e. The first-order chi connectivity index (χ1) is 10.5. The Morgan fingerprint density at radius 3 is 2.41 bits per heavy atom. The summed E-state index contributed by atoms with van der Waals surface area (Å²) < 4.78 is 13.5. The van der Waals surface area contributed by atoms with Gasteiger partial charge in [-0.05, 0) is 29.8 Å². The molecule has 0 radical (unpaired) electrons. The van der Waals surface area contributed by atoms with E-state index < -0.39 is 17.8 Å². The average Bonchev–Trinajstić information content (AvgIpc) is 2.49.